The Bertz CT molecular complexity index is 1020. The minimum atomic E-state index is -1.06. The lowest BCUT2D eigenvalue weighted by molar-refractivity contribution is 0.0672. The number of fused-ring (bicyclic) bond motifs is 1. The fraction of sp³-hybridized carbons (Fsp3) is 0.462. The average Bonchev–Trinajstić information content (AvgIpc) is 2.87. The highest BCUT2D eigenvalue weighted by atomic mass is 32.2. The minimum absolute atomic E-state index is 0.156. The van der Waals surface area contributed by atoms with Crippen LogP contribution in [-0.2, 0) is 0 Å². The van der Waals surface area contributed by atoms with Crippen LogP contribution in [0.2, 0.25) is 0 Å². The Morgan fingerprint density at radius 3 is 2.94 bits per heavy atom. The Kier molecular flexibility index (Phi) is 8.53. The number of hydrogen-bond donors (Lipinski definition) is 1. The smallest absolute Gasteiger partial charge is 0.126 e. The van der Waals surface area contributed by atoms with Crippen LogP contribution in [0.1, 0.15) is 31.0 Å². The molecule has 2 aromatic heterocycles. The predicted molar refractivity (Wildman–Crippen MR) is 131 cm³/mol. The van der Waals surface area contributed by atoms with Crippen LogP contribution >= 0.6 is 11.8 Å². The number of nitrogens with zero attached hydrogens (tertiary/aromatic N) is 3. The Hall–Kier alpha value is -2.22. The number of halogens is 1. The molecule has 33 heavy (non-hydrogen) atoms. The van der Waals surface area contributed by atoms with Crippen molar-refractivity contribution in [2.45, 2.75) is 30.3 Å². The third kappa shape index (κ3) is 6.22. The van der Waals surface area contributed by atoms with Gasteiger partial charge in [-0.3, -0.25) is 9.97 Å². The van der Waals surface area contributed by atoms with E-state index in [2.05, 4.69) is 20.9 Å². The standard InChI is InChI=1S/C26H32FN3O2S/c1-32-21-5-7-26-24(15-21)23(8-11-29-26)25(27)6-4-19-9-12-30(17-20(19)18-31)13-14-33-22-3-2-10-28-16-22/h2-3,5,7-8,10-11,15-16,19-20,25,31H,4,6,9,12-14,17-18H2,1H3/t19-,20-,25?/m1/s1. The number of pyridine rings is 2. The van der Waals surface area contributed by atoms with Gasteiger partial charge in [0.25, 0.3) is 0 Å². The quantitative estimate of drug-likeness (QED) is 0.414. The molecule has 0 saturated carbocycles. The number of ether oxygens (including phenoxy) is 1. The second-order valence-corrected chi connectivity index (χ2v) is 9.83. The summed E-state index contributed by atoms with van der Waals surface area (Å²) in [5.74, 6) is 2.25. The van der Waals surface area contributed by atoms with E-state index in [9.17, 15) is 5.11 Å². The summed E-state index contributed by atoms with van der Waals surface area (Å²) in [4.78, 5) is 12.1. The van der Waals surface area contributed by atoms with E-state index < -0.39 is 6.17 Å². The topological polar surface area (TPSA) is 58.5 Å². The highest BCUT2D eigenvalue weighted by molar-refractivity contribution is 7.99. The van der Waals surface area contributed by atoms with E-state index in [4.69, 9.17) is 4.74 Å². The van der Waals surface area contributed by atoms with Crippen LogP contribution in [-0.4, -0.2) is 59.1 Å². The fourth-order valence-corrected chi connectivity index (χ4v) is 5.63. The van der Waals surface area contributed by atoms with Crippen molar-refractivity contribution in [2.24, 2.45) is 11.8 Å². The molecule has 1 saturated heterocycles. The van der Waals surface area contributed by atoms with Crippen molar-refractivity contribution in [1.82, 2.24) is 14.9 Å². The SMILES string of the molecule is COc1ccc2nccc(C(F)CC[C@@H]3CCN(CCSc4cccnc4)C[C@@H]3CO)c2c1. The number of thioether (sulfide) groups is 1. The molecule has 3 heterocycles. The molecule has 4 rings (SSSR count). The largest absolute Gasteiger partial charge is 0.497 e. The fourth-order valence-electron chi connectivity index (χ4n) is 4.73. The lowest BCUT2D eigenvalue weighted by Crippen LogP contribution is -2.43. The van der Waals surface area contributed by atoms with Crippen molar-refractivity contribution in [3.63, 3.8) is 0 Å². The van der Waals surface area contributed by atoms with Gasteiger partial charge in [-0.25, -0.2) is 4.39 Å². The van der Waals surface area contributed by atoms with Crippen molar-refractivity contribution in [3.05, 3.63) is 60.6 Å². The first kappa shape index (κ1) is 23.9. The molecule has 3 aromatic rings. The third-order valence-corrected chi connectivity index (χ3v) is 7.59. The summed E-state index contributed by atoms with van der Waals surface area (Å²) in [5.41, 5.74) is 1.45. The summed E-state index contributed by atoms with van der Waals surface area (Å²) in [6.07, 6.45) is 6.53. The maximum Gasteiger partial charge on any atom is 0.126 e. The molecule has 176 valence electrons. The van der Waals surface area contributed by atoms with Gasteiger partial charge in [0.1, 0.15) is 11.9 Å². The van der Waals surface area contributed by atoms with Gasteiger partial charge in [-0.2, -0.15) is 0 Å². The van der Waals surface area contributed by atoms with Gasteiger partial charge in [0.15, 0.2) is 0 Å². The van der Waals surface area contributed by atoms with E-state index in [1.165, 1.54) is 4.90 Å². The summed E-state index contributed by atoms with van der Waals surface area (Å²) in [6.45, 7) is 3.02. The van der Waals surface area contributed by atoms with Crippen LogP contribution in [0.25, 0.3) is 10.9 Å². The maximum atomic E-state index is 15.3. The Morgan fingerprint density at radius 1 is 1.24 bits per heavy atom. The number of piperidine rings is 1. The van der Waals surface area contributed by atoms with Crippen LogP contribution in [0.5, 0.6) is 5.75 Å². The first-order chi connectivity index (χ1) is 16.2. The molecule has 1 aliphatic heterocycles. The summed E-state index contributed by atoms with van der Waals surface area (Å²) in [6, 6.07) is 11.4. The van der Waals surface area contributed by atoms with E-state index in [1.54, 1.807) is 25.6 Å². The third-order valence-electron chi connectivity index (χ3n) is 6.63. The molecule has 0 spiro atoms. The van der Waals surface area contributed by atoms with Crippen molar-refractivity contribution in [2.75, 3.05) is 39.1 Å². The molecular weight excluding hydrogens is 437 g/mol. The first-order valence-electron chi connectivity index (χ1n) is 11.6. The molecule has 5 nitrogen and oxygen atoms in total. The van der Waals surface area contributed by atoms with Gasteiger partial charge in [0.05, 0.1) is 12.6 Å². The lowest BCUT2D eigenvalue weighted by atomic mass is 9.81. The monoisotopic (exact) mass is 469 g/mol. The summed E-state index contributed by atoms with van der Waals surface area (Å²) in [7, 11) is 1.61. The molecule has 0 bridgehead atoms. The molecule has 0 radical (unpaired) electrons. The highest BCUT2D eigenvalue weighted by Crippen LogP contribution is 2.35. The second kappa shape index (κ2) is 11.8. The number of aromatic nitrogens is 2. The van der Waals surface area contributed by atoms with Gasteiger partial charge in [0.2, 0.25) is 0 Å². The summed E-state index contributed by atoms with van der Waals surface area (Å²) in [5, 5.41) is 10.8. The lowest BCUT2D eigenvalue weighted by Gasteiger charge is -2.38. The van der Waals surface area contributed by atoms with Crippen LogP contribution in [0.3, 0.4) is 0 Å². The first-order valence-corrected chi connectivity index (χ1v) is 12.6. The molecular formula is C26H32FN3O2S. The van der Waals surface area contributed by atoms with E-state index in [-0.39, 0.29) is 12.5 Å². The molecule has 0 aliphatic carbocycles. The Balaban J connectivity index is 1.30. The highest BCUT2D eigenvalue weighted by Gasteiger charge is 2.29. The molecule has 1 aliphatic rings. The van der Waals surface area contributed by atoms with Crippen LogP contribution < -0.4 is 4.74 Å². The second-order valence-electron chi connectivity index (χ2n) is 8.66. The van der Waals surface area contributed by atoms with E-state index in [1.807, 2.05) is 42.2 Å². The number of rotatable bonds is 10. The number of alkyl halides is 1. The molecule has 1 unspecified atom stereocenters. The molecule has 1 aromatic carbocycles. The van der Waals surface area contributed by atoms with Gasteiger partial charge in [0, 0.05) is 54.3 Å². The van der Waals surface area contributed by atoms with Crippen LogP contribution in [0, 0.1) is 11.8 Å². The van der Waals surface area contributed by atoms with Gasteiger partial charge < -0.3 is 14.7 Å². The van der Waals surface area contributed by atoms with Gasteiger partial charge >= 0.3 is 0 Å². The predicted octanol–water partition coefficient (Wildman–Crippen LogP) is 5.15. The molecule has 1 N–H and O–H groups in total. The normalized spacial score (nSPS) is 20.1. The molecule has 7 heteroatoms. The molecule has 3 atom stereocenters. The zero-order chi connectivity index (χ0) is 23.0. The molecule has 1 fully saturated rings. The zero-order valence-electron chi connectivity index (χ0n) is 19.1. The van der Waals surface area contributed by atoms with E-state index in [0.717, 1.165) is 49.1 Å². The number of benzene rings is 1. The number of methoxy groups -OCH3 is 1. The zero-order valence-corrected chi connectivity index (χ0v) is 19.9. The van der Waals surface area contributed by atoms with Gasteiger partial charge in [-0.1, -0.05) is 0 Å². The Morgan fingerprint density at radius 2 is 2.15 bits per heavy atom. The van der Waals surface area contributed by atoms with Gasteiger partial charge in [-0.15, -0.1) is 11.8 Å². The van der Waals surface area contributed by atoms with Crippen molar-refractivity contribution < 1.29 is 14.2 Å². The number of aliphatic hydroxyl groups is 1. The number of aliphatic hydroxyl groups excluding tert-OH is 1. The number of hydrogen-bond acceptors (Lipinski definition) is 6. The van der Waals surface area contributed by atoms with Gasteiger partial charge in [-0.05, 0) is 79.6 Å². The number of likely N-dealkylation sites (tertiary alicyclic amines) is 1. The van der Waals surface area contributed by atoms with E-state index in [0.29, 0.717) is 23.7 Å². The van der Waals surface area contributed by atoms with Crippen molar-refractivity contribution in [1.29, 1.82) is 0 Å². The summed E-state index contributed by atoms with van der Waals surface area (Å²) >= 11 is 1.81. The van der Waals surface area contributed by atoms with Crippen molar-refractivity contribution >= 4 is 22.7 Å². The van der Waals surface area contributed by atoms with Crippen LogP contribution in [0.4, 0.5) is 4.39 Å². The van der Waals surface area contributed by atoms with Crippen molar-refractivity contribution in [3.8, 4) is 5.75 Å². The van der Waals surface area contributed by atoms with E-state index >= 15 is 4.39 Å². The summed E-state index contributed by atoms with van der Waals surface area (Å²) < 4.78 is 20.7. The average molecular weight is 470 g/mol. The van der Waals surface area contributed by atoms with Crippen LogP contribution in [0.15, 0.2) is 59.9 Å². The Labute approximate surface area is 199 Å². The maximum absolute atomic E-state index is 15.3. The minimum Gasteiger partial charge on any atom is -0.497 e. The molecule has 0 amide bonds.